The largest absolute Gasteiger partial charge is 0.504 e. The van der Waals surface area contributed by atoms with Gasteiger partial charge in [-0.3, -0.25) is 4.79 Å². The van der Waals surface area contributed by atoms with Crippen molar-refractivity contribution >= 4 is 5.78 Å². The van der Waals surface area contributed by atoms with Crippen LogP contribution in [0.1, 0.15) is 10.4 Å². The Hall–Kier alpha value is -0.0756. The number of halogens is 5. The number of ketones is 1. The number of carbonyl (C=O) groups is 1. The van der Waals surface area contributed by atoms with Gasteiger partial charge in [0.1, 0.15) is 5.82 Å². The van der Waals surface area contributed by atoms with E-state index in [0.29, 0.717) is 0 Å². The van der Waals surface area contributed by atoms with E-state index in [-0.39, 0.29) is 68.9 Å². The summed E-state index contributed by atoms with van der Waals surface area (Å²) in [7, 11) is 0. The standard InChI is InChI=1S/C8H3F5O2.CH3.Eu/c9-3-1-4(6(14)5(10)2-3)7(15)8(11,12)13;;/h1-2,14H;1H3;/q;-1;. The van der Waals surface area contributed by atoms with Crippen molar-refractivity contribution in [1.29, 1.82) is 0 Å². The average molecular weight is 393 g/mol. The molecular weight excluding hydrogens is 387 g/mol. The Morgan fingerprint density at radius 2 is 1.65 bits per heavy atom. The first-order valence-corrected chi connectivity index (χ1v) is 3.53. The van der Waals surface area contributed by atoms with Crippen molar-refractivity contribution in [2.24, 2.45) is 0 Å². The third kappa shape index (κ3) is 4.59. The molecule has 0 bridgehead atoms. The van der Waals surface area contributed by atoms with Crippen molar-refractivity contribution in [2.45, 2.75) is 6.18 Å². The molecule has 0 saturated carbocycles. The molecule has 0 unspecified atom stereocenters. The minimum absolute atomic E-state index is 0. The molecule has 0 aliphatic heterocycles. The predicted molar refractivity (Wildman–Crippen MR) is 44.8 cm³/mol. The van der Waals surface area contributed by atoms with Gasteiger partial charge in [0.25, 0.3) is 5.78 Å². The summed E-state index contributed by atoms with van der Waals surface area (Å²) in [6.07, 6.45) is -5.29. The number of benzene rings is 1. The number of Topliss-reactive ketones (excluding diaryl/α,β-unsaturated/α-hetero) is 1. The summed E-state index contributed by atoms with van der Waals surface area (Å²) < 4.78 is 60.7. The fraction of sp³-hybridized carbons (Fsp3) is 0.111. The van der Waals surface area contributed by atoms with Gasteiger partial charge < -0.3 is 12.5 Å². The zero-order valence-corrected chi connectivity index (χ0v) is 10.7. The van der Waals surface area contributed by atoms with Crippen LogP contribution in [0, 0.1) is 68.4 Å². The molecule has 1 radical (unpaired) electrons. The minimum atomic E-state index is -5.29. The number of alkyl halides is 3. The van der Waals surface area contributed by atoms with Crippen LogP contribution in [0.4, 0.5) is 22.0 Å². The van der Waals surface area contributed by atoms with E-state index in [0.717, 1.165) is 0 Å². The number of aromatic hydroxyl groups is 1. The molecule has 8 heteroatoms. The van der Waals surface area contributed by atoms with Gasteiger partial charge in [-0.2, -0.15) is 13.2 Å². The molecule has 0 heterocycles. The van der Waals surface area contributed by atoms with Crippen LogP contribution in [-0.4, -0.2) is 17.1 Å². The summed E-state index contributed by atoms with van der Waals surface area (Å²) in [6.45, 7) is 0. The molecule has 1 aromatic rings. The van der Waals surface area contributed by atoms with Crippen LogP contribution in [0.5, 0.6) is 5.75 Å². The summed E-state index contributed by atoms with van der Waals surface area (Å²) in [6, 6.07) is 0.288. The Kier molecular flexibility index (Phi) is 7.65. The summed E-state index contributed by atoms with van der Waals surface area (Å²) in [5, 5.41) is 8.79. The normalized spacial score (nSPS) is 10.2. The van der Waals surface area contributed by atoms with E-state index in [4.69, 9.17) is 5.11 Å². The Balaban J connectivity index is 0. The number of phenols is 1. The van der Waals surface area contributed by atoms with E-state index in [1.165, 1.54) is 0 Å². The van der Waals surface area contributed by atoms with E-state index in [9.17, 15) is 26.7 Å². The maximum absolute atomic E-state index is 12.6. The van der Waals surface area contributed by atoms with Crippen LogP contribution in [-0.2, 0) is 0 Å². The molecule has 1 rings (SSSR count). The SMILES string of the molecule is O=C(c1cc(F)cc(F)c1O)C(F)(F)F.[CH3-].[Eu]. The number of rotatable bonds is 1. The molecule has 0 amide bonds. The van der Waals surface area contributed by atoms with Crippen molar-refractivity contribution in [3.63, 3.8) is 0 Å². The second kappa shape index (κ2) is 6.75. The van der Waals surface area contributed by atoms with Crippen LogP contribution in [0.3, 0.4) is 0 Å². The second-order valence-corrected chi connectivity index (χ2v) is 2.61. The molecule has 0 aliphatic rings. The fourth-order valence-electron chi connectivity index (χ4n) is 0.892. The van der Waals surface area contributed by atoms with Gasteiger partial charge in [-0.15, -0.1) is 0 Å². The molecule has 1 aromatic carbocycles. The van der Waals surface area contributed by atoms with Crippen LogP contribution >= 0.6 is 0 Å². The summed E-state index contributed by atoms with van der Waals surface area (Å²) in [4.78, 5) is 10.6. The van der Waals surface area contributed by atoms with E-state index in [1.54, 1.807) is 0 Å². The molecule has 17 heavy (non-hydrogen) atoms. The van der Waals surface area contributed by atoms with Crippen LogP contribution in [0.15, 0.2) is 12.1 Å². The number of phenolic OH excluding ortho intramolecular Hbond substituents is 1. The predicted octanol–water partition coefficient (Wildman–Crippen LogP) is 2.87. The van der Waals surface area contributed by atoms with Crippen molar-refractivity contribution in [1.82, 2.24) is 0 Å². The van der Waals surface area contributed by atoms with Gasteiger partial charge in [-0.1, -0.05) is 0 Å². The van der Waals surface area contributed by atoms with Crippen molar-refractivity contribution in [3.8, 4) is 5.75 Å². The number of hydrogen-bond donors (Lipinski definition) is 1. The van der Waals surface area contributed by atoms with Crippen molar-refractivity contribution in [2.75, 3.05) is 0 Å². The molecule has 97 valence electrons. The summed E-state index contributed by atoms with van der Waals surface area (Å²) >= 11 is 0. The molecule has 0 atom stereocenters. The third-order valence-electron chi connectivity index (χ3n) is 1.53. The zero-order valence-electron chi connectivity index (χ0n) is 8.28. The molecule has 0 spiro atoms. The van der Waals surface area contributed by atoms with Gasteiger partial charge in [0.15, 0.2) is 11.6 Å². The topological polar surface area (TPSA) is 37.3 Å². The van der Waals surface area contributed by atoms with E-state index < -0.39 is 34.9 Å². The quantitative estimate of drug-likeness (QED) is 0.453. The first kappa shape index (κ1) is 19.3. The van der Waals surface area contributed by atoms with Crippen LogP contribution in [0.25, 0.3) is 0 Å². The van der Waals surface area contributed by atoms with Gasteiger partial charge >= 0.3 is 6.18 Å². The smallest absolute Gasteiger partial charge is 0.455 e. The van der Waals surface area contributed by atoms with Gasteiger partial charge in [0.2, 0.25) is 0 Å². The van der Waals surface area contributed by atoms with Gasteiger partial charge in [-0.05, 0) is 6.07 Å². The van der Waals surface area contributed by atoms with Gasteiger partial charge in [0.05, 0.1) is 5.56 Å². The fourth-order valence-corrected chi connectivity index (χ4v) is 0.892. The maximum atomic E-state index is 12.6. The summed E-state index contributed by atoms with van der Waals surface area (Å²) in [5.74, 6) is -7.02. The summed E-state index contributed by atoms with van der Waals surface area (Å²) in [5.41, 5.74) is -1.44. The Bertz CT molecular complexity index is 417. The monoisotopic (exact) mass is 394 g/mol. The zero-order chi connectivity index (χ0) is 11.8. The van der Waals surface area contributed by atoms with Crippen molar-refractivity contribution in [3.05, 3.63) is 36.8 Å². The number of carbonyl (C=O) groups excluding carboxylic acids is 1. The number of hydrogen-bond acceptors (Lipinski definition) is 2. The average Bonchev–Trinajstić information content (AvgIpc) is 2.08. The van der Waals surface area contributed by atoms with Crippen LogP contribution < -0.4 is 0 Å². The van der Waals surface area contributed by atoms with Crippen LogP contribution in [0.2, 0.25) is 0 Å². The Labute approximate surface area is 134 Å². The minimum Gasteiger partial charge on any atom is -0.504 e. The van der Waals surface area contributed by atoms with Gasteiger partial charge in [-0.25, -0.2) is 8.78 Å². The van der Waals surface area contributed by atoms with E-state index in [1.807, 2.05) is 0 Å². The molecule has 0 saturated heterocycles. The molecular formula is C9H6EuF5O2-. The Morgan fingerprint density at radius 1 is 1.18 bits per heavy atom. The third-order valence-corrected chi connectivity index (χ3v) is 1.53. The molecule has 1 N–H and O–H groups in total. The Morgan fingerprint density at radius 3 is 2.06 bits per heavy atom. The molecule has 0 aliphatic carbocycles. The molecule has 0 fully saturated rings. The van der Waals surface area contributed by atoms with Crippen molar-refractivity contribution < 1.29 is 81.2 Å². The van der Waals surface area contributed by atoms with E-state index in [2.05, 4.69) is 0 Å². The second-order valence-electron chi connectivity index (χ2n) is 2.61. The molecule has 2 nitrogen and oxygen atoms in total. The van der Waals surface area contributed by atoms with Gasteiger partial charge in [0, 0.05) is 55.4 Å². The first-order valence-electron chi connectivity index (χ1n) is 3.53. The molecule has 0 aromatic heterocycles. The van der Waals surface area contributed by atoms with E-state index >= 15 is 0 Å². The maximum Gasteiger partial charge on any atom is 0.455 e. The first-order chi connectivity index (χ1) is 6.73.